The van der Waals surface area contributed by atoms with Gasteiger partial charge in [0.05, 0.1) is 5.03 Å². The van der Waals surface area contributed by atoms with Gasteiger partial charge in [0.25, 0.3) is 5.91 Å². The van der Waals surface area contributed by atoms with Gasteiger partial charge >= 0.3 is 0 Å². The highest BCUT2D eigenvalue weighted by Crippen LogP contribution is 2.27. The molecule has 25 heavy (non-hydrogen) atoms. The summed E-state index contributed by atoms with van der Waals surface area (Å²) in [5.74, 6) is -0.657. The number of hydrogen-bond acceptors (Lipinski definition) is 5. The maximum Gasteiger partial charge on any atom is 0.282 e. The number of aromatic nitrogens is 2. The minimum atomic E-state index is -0.343. The van der Waals surface area contributed by atoms with Crippen LogP contribution in [0.2, 0.25) is 0 Å². The fourth-order valence-electron chi connectivity index (χ4n) is 1.99. The molecule has 0 saturated carbocycles. The molecule has 0 aliphatic rings. The molecule has 2 heterocycles. The molecule has 0 unspecified atom stereocenters. The van der Waals surface area contributed by atoms with Crippen molar-refractivity contribution in [1.29, 1.82) is 0 Å². The number of rotatable bonds is 5. The third-order valence-corrected chi connectivity index (χ3v) is 5.52. The minimum absolute atomic E-state index is 0.228. The van der Waals surface area contributed by atoms with Crippen LogP contribution in [-0.2, 0) is 6.54 Å². The van der Waals surface area contributed by atoms with Gasteiger partial charge in [-0.25, -0.2) is 4.39 Å². The van der Waals surface area contributed by atoms with Crippen LogP contribution in [0.15, 0.2) is 36.4 Å². The number of halogens is 2. The maximum atomic E-state index is 12.9. The summed E-state index contributed by atoms with van der Waals surface area (Å²) in [4.78, 5) is 14.3. The topological polar surface area (TPSA) is 54.9 Å². The molecule has 0 radical (unpaired) electrons. The van der Waals surface area contributed by atoms with Gasteiger partial charge in [0.2, 0.25) is 5.01 Å². The lowest BCUT2D eigenvalue weighted by molar-refractivity contribution is 0.0950. The largest absolute Gasteiger partial charge is 0.346 e. The van der Waals surface area contributed by atoms with E-state index in [0.29, 0.717) is 10.0 Å². The third-order valence-electron chi connectivity index (χ3n) is 3.22. The number of carbonyl (C=O) groups is 1. The Morgan fingerprint density at radius 1 is 1.16 bits per heavy atom. The highest BCUT2D eigenvalue weighted by Gasteiger charge is 2.14. The van der Waals surface area contributed by atoms with Crippen LogP contribution in [0.4, 0.5) is 4.39 Å². The van der Waals surface area contributed by atoms with Crippen molar-refractivity contribution in [3.05, 3.63) is 67.5 Å². The van der Waals surface area contributed by atoms with Crippen LogP contribution >= 0.6 is 34.3 Å². The number of aryl methyl sites for hydroxylation is 1. The number of hydrogen-bond donors (Lipinski definition) is 1. The number of amides is 1. The van der Waals surface area contributed by atoms with Gasteiger partial charge in [-0.3, -0.25) is 4.79 Å². The van der Waals surface area contributed by atoms with Crippen LogP contribution in [0.3, 0.4) is 0 Å². The molecule has 4 nitrogen and oxygen atoms in total. The van der Waals surface area contributed by atoms with E-state index >= 15 is 0 Å². The Labute approximate surface area is 157 Å². The Kier molecular flexibility index (Phi) is 5.57. The highest BCUT2D eigenvalue weighted by atomic mass is 35.5. The molecule has 3 aromatic rings. The van der Waals surface area contributed by atoms with Crippen LogP contribution < -0.4 is 5.32 Å². The van der Waals surface area contributed by atoms with E-state index in [1.807, 2.05) is 19.1 Å². The average molecular weight is 394 g/mol. The van der Waals surface area contributed by atoms with Gasteiger partial charge in [0.15, 0.2) is 5.01 Å². The van der Waals surface area contributed by atoms with Crippen molar-refractivity contribution in [2.24, 2.45) is 0 Å². The van der Waals surface area contributed by atoms with E-state index in [0.717, 1.165) is 21.8 Å². The molecule has 0 atom stereocenters. The first-order valence-electron chi connectivity index (χ1n) is 7.31. The maximum absolute atomic E-state index is 12.9. The first kappa shape index (κ1) is 17.7. The first-order chi connectivity index (χ1) is 12.0. The smallest absolute Gasteiger partial charge is 0.282 e. The predicted molar refractivity (Wildman–Crippen MR) is 100 cm³/mol. The molecule has 0 bridgehead atoms. The van der Waals surface area contributed by atoms with Crippen LogP contribution in [0.5, 0.6) is 0 Å². The standard InChI is InChI=1S/C17H13ClFN3OS2/c1-10-2-7-13(24-10)8-14(18)16-21-22-17(25-16)15(23)20-9-11-3-5-12(19)6-4-11/h2-8H,9H2,1H3,(H,20,23). The second kappa shape index (κ2) is 7.86. The second-order valence-electron chi connectivity index (χ2n) is 5.16. The zero-order valence-corrected chi connectivity index (χ0v) is 15.5. The van der Waals surface area contributed by atoms with Crippen molar-refractivity contribution < 1.29 is 9.18 Å². The normalized spacial score (nSPS) is 11.6. The summed E-state index contributed by atoms with van der Waals surface area (Å²) in [6, 6.07) is 9.91. The molecule has 0 aliphatic heterocycles. The lowest BCUT2D eigenvalue weighted by atomic mass is 10.2. The number of thiophene rings is 1. The highest BCUT2D eigenvalue weighted by molar-refractivity contribution is 7.15. The van der Waals surface area contributed by atoms with Gasteiger partial charge in [-0.2, -0.15) is 0 Å². The van der Waals surface area contributed by atoms with E-state index in [2.05, 4.69) is 15.5 Å². The Morgan fingerprint density at radius 2 is 1.88 bits per heavy atom. The lowest BCUT2D eigenvalue weighted by Gasteiger charge is -2.02. The SMILES string of the molecule is Cc1ccc(C=C(Cl)c2nnc(C(=O)NCc3ccc(F)cc3)s2)s1. The molecule has 128 valence electrons. The third kappa shape index (κ3) is 4.72. The number of carbonyl (C=O) groups excluding carboxylic acids is 1. The molecule has 8 heteroatoms. The number of benzene rings is 1. The number of nitrogens with one attached hydrogen (secondary N) is 1. The van der Waals surface area contributed by atoms with E-state index in [1.54, 1.807) is 29.5 Å². The van der Waals surface area contributed by atoms with Gasteiger partial charge < -0.3 is 5.32 Å². The molecule has 2 aromatic heterocycles. The van der Waals surface area contributed by atoms with Crippen molar-refractivity contribution in [3.8, 4) is 0 Å². The Bertz CT molecular complexity index is 918. The van der Waals surface area contributed by atoms with Crippen molar-refractivity contribution in [1.82, 2.24) is 15.5 Å². The zero-order valence-electron chi connectivity index (χ0n) is 13.1. The van der Waals surface area contributed by atoms with Gasteiger partial charge in [-0.05, 0) is 42.8 Å². The molecule has 1 aromatic carbocycles. The summed E-state index contributed by atoms with van der Waals surface area (Å²) < 4.78 is 12.9. The van der Waals surface area contributed by atoms with Crippen molar-refractivity contribution in [2.45, 2.75) is 13.5 Å². The average Bonchev–Trinajstić information content (AvgIpc) is 3.23. The summed E-state index contributed by atoms with van der Waals surface area (Å²) in [6.07, 6.45) is 1.81. The molecule has 1 amide bonds. The zero-order chi connectivity index (χ0) is 17.8. The molecular formula is C17H13ClFN3OS2. The van der Waals surface area contributed by atoms with E-state index in [-0.39, 0.29) is 23.3 Å². The van der Waals surface area contributed by atoms with Gasteiger partial charge in [0.1, 0.15) is 5.82 Å². The van der Waals surface area contributed by atoms with E-state index < -0.39 is 0 Å². The molecule has 0 spiro atoms. The van der Waals surface area contributed by atoms with E-state index in [4.69, 9.17) is 11.6 Å². The second-order valence-corrected chi connectivity index (χ2v) is 7.87. The summed E-state index contributed by atoms with van der Waals surface area (Å²) in [7, 11) is 0. The van der Waals surface area contributed by atoms with Crippen molar-refractivity contribution >= 4 is 51.3 Å². The Morgan fingerprint density at radius 3 is 2.56 bits per heavy atom. The number of nitrogens with zero attached hydrogens (tertiary/aromatic N) is 2. The van der Waals surface area contributed by atoms with Gasteiger partial charge in [0, 0.05) is 16.3 Å². The van der Waals surface area contributed by atoms with Crippen LogP contribution in [0, 0.1) is 12.7 Å². The van der Waals surface area contributed by atoms with Gasteiger partial charge in [-0.15, -0.1) is 21.5 Å². The summed E-state index contributed by atoms with van der Waals surface area (Å²) >= 11 is 9.01. The quantitative estimate of drug-likeness (QED) is 0.682. The molecule has 0 aliphatic carbocycles. The van der Waals surface area contributed by atoms with E-state index in [1.165, 1.54) is 17.0 Å². The van der Waals surface area contributed by atoms with Crippen molar-refractivity contribution in [2.75, 3.05) is 0 Å². The fraction of sp³-hybridized carbons (Fsp3) is 0.118. The minimum Gasteiger partial charge on any atom is -0.346 e. The van der Waals surface area contributed by atoms with Crippen molar-refractivity contribution in [3.63, 3.8) is 0 Å². The van der Waals surface area contributed by atoms with Crippen LogP contribution in [0.1, 0.15) is 30.1 Å². The lowest BCUT2D eigenvalue weighted by Crippen LogP contribution is -2.22. The molecule has 1 N–H and O–H groups in total. The summed E-state index contributed by atoms with van der Waals surface area (Å²) in [5.41, 5.74) is 0.797. The first-order valence-corrected chi connectivity index (χ1v) is 9.32. The molecule has 0 fully saturated rings. The Hall–Kier alpha value is -2.09. The molecule has 0 saturated heterocycles. The molecular weight excluding hydrogens is 381 g/mol. The van der Waals surface area contributed by atoms with Gasteiger partial charge in [-0.1, -0.05) is 35.1 Å². The monoisotopic (exact) mass is 393 g/mol. The van der Waals surface area contributed by atoms with Crippen LogP contribution in [-0.4, -0.2) is 16.1 Å². The molecule has 3 rings (SSSR count). The van der Waals surface area contributed by atoms with E-state index in [9.17, 15) is 9.18 Å². The predicted octanol–water partition coefficient (Wildman–Crippen LogP) is 4.71. The summed E-state index contributed by atoms with van der Waals surface area (Å²) in [6.45, 7) is 2.30. The van der Waals surface area contributed by atoms with Crippen LogP contribution in [0.25, 0.3) is 11.1 Å². The Balaban J connectivity index is 1.64. The fourth-order valence-corrected chi connectivity index (χ4v) is 3.81. The summed E-state index contributed by atoms with van der Waals surface area (Å²) in [5, 5.41) is 11.7.